The van der Waals surface area contributed by atoms with Crippen LogP contribution in [0.3, 0.4) is 0 Å². The fraction of sp³-hybridized carbons (Fsp3) is 0. The van der Waals surface area contributed by atoms with E-state index in [2.05, 4.69) is 20.9 Å². The Hall–Kier alpha value is -1.62. The van der Waals surface area contributed by atoms with E-state index in [1.54, 1.807) is 24.5 Å². The van der Waals surface area contributed by atoms with Crippen LogP contribution in [0.5, 0.6) is 11.7 Å². The highest BCUT2D eigenvalue weighted by molar-refractivity contribution is 9.10. The summed E-state index contributed by atoms with van der Waals surface area (Å²) in [5.74, 6) is 1.03. The summed E-state index contributed by atoms with van der Waals surface area (Å²) in [6.45, 7) is 0. The lowest BCUT2D eigenvalue weighted by atomic mass is 10.5. The number of ether oxygens (including phenoxy) is 1. The van der Waals surface area contributed by atoms with E-state index in [4.69, 9.17) is 9.15 Å². The maximum Gasteiger partial charge on any atom is 0.290 e. The highest BCUT2D eigenvalue weighted by Gasteiger charge is 2.03. The van der Waals surface area contributed by atoms with Crippen LogP contribution in [-0.2, 0) is 0 Å². The van der Waals surface area contributed by atoms with Gasteiger partial charge in [0, 0.05) is 16.7 Å². The van der Waals surface area contributed by atoms with E-state index >= 15 is 0 Å². The Bertz CT molecular complexity index is 481. The first kappa shape index (κ1) is 9.92. The van der Waals surface area contributed by atoms with Gasteiger partial charge in [0.05, 0.1) is 6.20 Å². The summed E-state index contributed by atoms with van der Waals surface area (Å²) >= 11 is 3.27. The number of rotatable bonds is 3. The summed E-state index contributed by atoms with van der Waals surface area (Å²) in [5, 5.41) is 0. The van der Waals surface area contributed by atoms with Crippen molar-refractivity contribution in [3.05, 3.63) is 40.8 Å². The molecule has 5 heteroatoms. The molecule has 0 aromatic carbocycles. The molecule has 0 aliphatic carbocycles. The molecule has 2 aromatic rings. The van der Waals surface area contributed by atoms with Crippen molar-refractivity contribution in [1.29, 1.82) is 0 Å². The normalized spacial score (nSPS) is 9.93. The molecule has 0 N–H and O–H groups in total. The summed E-state index contributed by atoms with van der Waals surface area (Å²) in [5.41, 5.74) is 0. The second-order valence-corrected chi connectivity index (χ2v) is 3.63. The number of nitrogens with zero attached hydrogens (tertiary/aromatic N) is 1. The molecule has 15 heavy (non-hydrogen) atoms. The van der Waals surface area contributed by atoms with E-state index in [9.17, 15) is 4.79 Å². The molecule has 76 valence electrons. The number of halogens is 1. The number of carbonyl (C=O) groups is 1. The van der Waals surface area contributed by atoms with Crippen LogP contribution in [0.2, 0.25) is 0 Å². The Morgan fingerprint density at radius 3 is 2.93 bits per heavy atom. The number of furan rings is 1. The molecule has 2 rings (SSSR count). The molecule has 0 saturated heterocycles. The minimum absolute atomic E-state index is 0.230. The molecular weight excluding hydrogens is 262 g/mol. The number of aromatic nitrogens is 1. The second kappa shape index (κ2) is 4.27. The maximum atomic E-state index is 10.4. The zero-order chi connectivity index (χ0) is 10.7. The SMILES string of the molecule is O=Cc1ccc(Oc2cncc(Br)c2)o1. The molecule has 2 aromatic heterocycles. The third-order valence-corrected chi connectivity index (χ3v) is 2.05. The van der Waals surface area contributed by atoms with Crippen LogP contribution in [0.1, 0.15) is 10.6 Å². The average Bonchev–Trinajstić information content (AvgIpc) is 2.65. The van der Waals surface area contributed by atoms with Crippen molar-refractivity contribution in [2.75, 3.05) is 0 Å². The van der Waals surface area contributed by atoms with E-state index < -0.39 is 0 Å². The molecule has 2 heterocycles. The monoisotopic (exact) mass is 267 g/mol. The first-order chi connectivity index (χ1) is 7.28. The standard InChI is InChI=1S/C10H6BrNO3/c11-7-3-9(5-12-4-7)15-10-2-1-8(6-13)14-10/h1-6H. The summed E-state index contributed by atoms with van der Waals surface area (Å²) in [6.07, 6.45) is 3.81. The van der Waals surface area contributed by atoms with Crippen LogP contribution >= 0.6 is 15.9 Å². The van der Waals surface area contributed by atoms with Gasteiger partial charge in [-0.05, 0) is 28.1 Å². The Morgan fingerprint density at radius 1 is 1.40 bits per heavy atom. The summed E-state index contributed by atoms with van der Waals surface area (Å²) in [6, 6.07) is 4.86. The molecule has 0 atom stereocenters. The lowest BCUT2D eigenvalue weighted by Crippen LogP contribution is -1.83. The Labute approximate surface area is 94.0 Å². The van der Waals surface area contributed by atoms with Crippen molar-refractivity contribution >= 4 is 22.2 Å². The van der Waals surface area contributed by atoms with E-state index in [1.807, 2.05) is 0 Å². The fourth-order valence-electron chi connectivity index (χ4n) is 1.02. The Balaban J connectivity index is 2.18. The van der Waals surface area contributed by atoms with Crippen molar-refractivity contribution in [2.45, 2.75) is 0 Å². The van der Waals surface area contributed by atoms with Crippen LogP contribution in [0.4, 0.5) is 0 Å². The van der Waals surface area contributed by atoms with E-state index in [1.165, 1.54) is 6.07 Å². The highest BCUT2D eigenvalue weighted by atomic mass is 79.9. The average molecular weight is 268 g/mol. The summed E-state index contributed by atoms with van der Waals surface area (Å²) in [7, 11) is 0. The van der Waals surface area contributed by atoms with Crippen LogP contribution in [0.15, 0.2) is 39.5 Å². The molecule has 0 radical (unpaired) electrons. The second-order valence-electron chi connectivity index (χ2n) is 2.72. The van der Waals surface area contributed by atoms with Gasteiger partial charge in [-0.25, -0.2) is 0 Å². The fourth-order valence-corrected chi connectivity index (χ4v) is 1.36. The number of hydrogen-bond donors (Lipinski definition) is 0. The van der Waals surface area contributed by atoms with Gasteiger partial charge in [-0.3, -0.25) is 9.78 Å². The lowest BCUT2D eigenvalue weighted by Gasteiger charge is -2.00. The van der Waals surface area contributed by atoms with Crippen molar-refractivity contribution in [3.63, 3.8) is 0 Å². The van der Waals surface area contributed by atoms with Gasteiger partial charge in [0.1, 0.15) is 5.75 Å². The highest BCUT2D eigenvalue weighted by Crippen LogP contribution is 2.24. The van der Waals surface area contributed by atoms with E-state index in [0.717, 1.165) is 4.47 Å². The Kier molecular flexibility index (Phi) is 2.82. The molecule has 0 aliphatic heterocycles. The first-order valence-corrected chi connectivity index (χ1v) is 4.90. The quantitative estimate of drug-likeness (QED) is 0.803. The largest absolute Gasteiger partial charge is 0.424 e. The molecule has 0 spiro atoms. The predicted octanol–water partition coefficient (Wildman–Crippen LogP) is 3.04. The van der Waals surface area contributed by atoms with Crippen LogP contribution in [-0.4, -0.2) is 11.3 Å². The molecule has 0 aliphatic rings. The maximum absolute atomic E-state index is 10.4. The van der Waals surface area contributed by atoms with Gasteiger partial charge in [-0.1, -0.05) is 0 Å². The minimum Gasteiger partial charge on any atom is -0.424 e. The van der Waals surface area contributed by atoms with Crippen molar-refractivity contribution < 1.29 is 13.9 Å². The minimum atomic E-state index is 0.230. The van der Waals surface area contributed by atoms with Crippen LogP contribution in [0, 0.1) is 0 Å². The van der Waals surface area contributed by atoms with E-state index in [-0.39, 0.29) is 11.7 Å². The predicted molar refractivity (Wildman–Crippen MR) is 56.1 cm³/mol. The molecule has 4 nitrogen and oxygen atoms in total. The van der Waals surface area contributed by atoms with Gasteiger partial charge in [0.15, 0.2) is 12.0 Å². The first-order valence-electron chi connectivity index (χ1n) is 4.11. The summed E-state index contributed by atoms with van der Waals surface area (Å²) < 4.78 is 11.2. The van der Waals surface area contributed by atoms with Gasteiger partial charge in [0.25, 0.3) is 5.95 Å². The molecule has 0 saturated carbocycles. The van der Waals surface area contributed by atoms with Crippen LogP contribution < -0.4 is 4.74 Å². The molecule has 0 bridgehead atoms. The number of hydrogen-bond acceptors (Lipinski definition) is 4. The molecule has 0 fully saturated rings. The van der Waals surface area contributed by atoms with Crippen LogP contribution in [0.25, 0.3) is 0 Å². The van der Waals surface area contributed by atoms with Gasteiger partial charge in [0.2, 0.25) is 0 Å². The third kappa shape index (κ3) is 2.44. The third-order valence-electron chi connectivity index (χ3n) is 1.62. The molecule has 0 amide bonds. The van der Waals surface area contributed by atoms with Gasteiger partial charge < -0.3 is 9.15 Å². The Morgan fingerprint density at radius 2 is 2.27 bits per heavy atom. The number of carbonyl (C=O) groups excluding carboxylic acids is 1. The van der Waals surface area contributed by atoms with Crippen molar-refractivity contribution in [3.8, 4) is 11.7 Å². The molecule has 0 unspecified atom stereocenters. The smallest absolute Gasteiger partial charge is 0.290 e. The van der Waals surface area contributed by atoms with Crippen molar-refractivity contribution in [1.82, 2.24) is 4.98 Å². The number of pyridine rings is 1. The van der Waals surface area contributed by atoms with Crippen molar-refractivity contribution in [2.24, 2.45) is 0 Å². The van der Waals surface area contributed by atoms with Gasteiger partial charge >= 0.3 is 0 Å². The van der Waals surface area contributed by atoms with Gasteiger partial charge in [-0.15, -0.1) is 0 Å². The van der Waals surface area contributed by atoms with Gasteiger partial charge in [-0.2, -0.15) is 0 Å². The molecular formula is C10H6BrNO3. The number of aldehydes is 1. The zero-order valence-corrected chi connectivity index (χ0v) is 9.10. The topological polar surface area (TPSA) is 52.3 Å². The lowest BCUT2D eigenvalue weighted by molar-refractivity contribution is 0.109. The summed E-state index contributed by atoms with van der Waals surface area (Å²) in [4.78, 5) is 14.3. The van der Waals surface area contributed by atoms with E-state index in [0.29, 0.717) is 12.0 Å². The zero-order valence-electron chi connectivity index (χ0n) is 7.51.